The summed E-state index contributed by atoms with van der Waals surface area (Å²) >= 11 is 6.26. The fourth-order valence-electron chi connectivity index (χ4n) is 4.75. The van der Waals surface area contributed by atoms with E-state index in [0.717, 1.165) is 23.3 Å². The molecule has 0 aromatic heterocycles. The van der Waals surface area contributed by atoms with E-state index in [2.05, 4.69) is 0 Å². The average molecular weight is 474 g/mol. The van der Waals surface area contributed by atoms with Gasteiger partial charge in [0.1, 0.15) is 17.6 Å². The Balaban J connectivity index is 1.58. The van der Waals surface area contributed by atoms with Crippen LogP contribution in [0.4, 0.5) is 0 Å². The van der Waals surface area contributed by atoms with Crippen molar-refractivity contribution in [3.63, 3.8) is 0 Å². The van der Waals surface area contributed by atoms with Gasteiger partial charge in [0, 0.05) is 23.6 Å². The van der Waals surface area contributed by atoms with Crippen molar-refractivity contribution in [2.45, 2.75) is 31.9 Å². The van der Waals surface area contributed by atoms with Crippen molar-refractivity contribution in [2.24, 2.45) is 0 Å². The number of likely N-dealkylation sites (tertiary alicyclic amines) is 1. The van der Waals surface area contributed by atoms with Gasteiger partial charge in [-0.2, -0.15) is 0 Å². The Bertz CT molecular complexity index is 1300. The number of rotatable bonds is 5. The zero-order chi connectivity index (χ0) is 23.8. The van der Waals surface area contributed by atoms with Crippen LogP contribution in [0.2, 0.25) is 5.02 Å². The summed E-state index contributed by atoms with van der Waals surface area (Å²) < 4.78 is 5.76. The summed E-state index contributed by atoms with van der Waals surface area (Å²) in [5, 5.41) is 11.8. The van der Waals surface area contributed by atoms with Gasteiger partial charge in [0.05, 0.1) is 11.6 Å². The molecule has 0 spiro atoms. The summed E-state index contributed by atoms with van der Waals surface area (Å²) in [5.41, 5.74) is 3.27. The first-order valence-corrected chi connectivity index (χ1v) is 11.7. The molecule has 1 saturated heterocycles. The fraction of sp³-hybridized carbons (Fsp3) is 0.214. The first-order valence-electron chi connectivity index (χ1n) is 11.3. The van der Waals surface area contributed by atoms with Crippen molar-refractivity contribution in [2.75, 3.05) is 6.54 Å². The lowest BCUT2D eigenvalue weighted by atomic mass is 9.94. The van der Waals surface area contributed by atoms with Gasteiger partial charge in [-0.05, 0) is 60.4 Å². The third kappa shape index (κ3) is 4.08. The number of hydrogen-bond acceptors (Lipinski definition) is 4. The second kappa shape index (κ2) is 8.99. The Morgan fingerprint density at radius 3 is 2.62 bits per heavy atom. The number of ether oxygens (including phenoxy) is 1. The SMILES string of the molecule is C[C@@H]1Cc2cc(/C(O)=C3\C(=O)C(=O)N(CCc4ccccc4)[C@H]3c3cccc(Cl)c3)ccc2O1. The number of benzene rings is 3. The topological polar surface area (TPSA) is 66.8 Å². The minimum Gasteiger partial charge on any atom is -0.507 e. The summed E-state index contributed by atoms with van der Waals surface area (Å²) in [7, 11) is 0. The highest BCUT2D eigenvalue weighted by atomic mass is 35.5. The van der Waals surface area contributed by atoms with Crippen LogP contribution in [0.3, 0.4) is 0 Å². The Kier molecular flexibility index (Phi) is 5.88. The predicted molar refractivity (Wildman–Crippen MR) is 131 cm³/mol. The van der Waals surface area contributed by atoms with Crippen LogP contribution >= 0.6 is 11.6 Å². The van der Waals surface area contributed by atoms with E-state index >= 15 is 0 Å². The molecule has 0 unspecified atom stereocenters. The Hall–Kier alpha value is -3.57. The van der Waals surface area contributed by atoms with E-state index in [-0.39, 0.29) is 17.4 Å². The molecular formula is C28H24ClNO4. The van der Waals surface area contributed by atoms with Crippen molar-refractivity contribution < 1.29 is 19.4 Å². The molecule has 1 fully saturated rings. The number of Topliss-reactive ketones (excluding diaryl/α,β-unsaturated/α-hetero) is 1. The maximum atomic E-state index is 13.2. The molecule has 34 heavy (non-hydrogen) atoms. The summed E-state index contributed by atoms with van der Waals surface area (Å²) in [5.74, 6) is -0.729. The molecule has 5 rings (SSSR count). The molecule has 3 aromatic rings. The number of ketones is 1. The maximum absolute atomic E-state index is 13.2. The van der Waals surface area contributed by atoms with E-state index < -0.39 is 17.7 Å². The van der Waals surface area contributed by atoms with Gasteiger partial charge in [0.15, 0.2) is 0 Å². The molecule has 2 aliphatic rings. The highest BCUT2D eigenvalue weighted by Gasteiger charge is 2.46. The lowest BCUT2D eigenvalue weighted by Gasteiger charge is -2.25. The number of carbonyl (C=O) groups excluding carboxylic acids is 2. The summed E-state index contributed by atoms with van der Waals surface area (Å²) in [6.07, 6.45) is 1.36. The van der Waals surface area contributed by atoms with Crippen LogP contribution in [0, 0.1) is 0 Å². The van der Waals surface area contributed by atoms with Gasteiger partial charge in [-0.3, -0.25) is 9.59 Å². The molecule has 5 nitrogen and oxygen atoms in total. The van der Waals surface area contributed by atoms with Gasteiger partial charge in [-0.1, -0.05) is 54.1 Å². The molecule has 0 aliphatic carbocycles. The largest absolute Gasteiger partial charge is 0.507 e. The molecule has 0 radical (unpaired) electrons. The second-order valence-electron chi connectivity index (χ2n) is 8.74. The molecule has 6 heteroatoms. The van der Waals surface area contributed by atoms with Crippen LogP contribution in [0.25, 0.3) is 5.76 Å². The molecule has 3 aromatic carbocycles. The quantitative estimate of drug-likeness (QED) is 0.309. The van der Waals surface area contributed by atoms with Gasteiger partial charge in [0.25, 0.3) is 11.7 Å². The first kappa shape index (κ1) is 22.2. The number of aliphatic hydroxyl groups excluding tert-OH is 1. The molecule has 1 N–H and O–H groups in total. The van der Waals surface area contributed by atoms with E-state index in [9.17, 15) is 14.7 Å². The van der Waals surface area contributed by atoms with Crippen molar-refractivity contribution in [1.29, 1.82) is 0 Å². The van der Waals surface area contributed by atoms with Gasteiger partial charge in [0.2, 0.25) is 0 Å². The molecule has 0 bridgehead atoms. The van der Waals surface area contributed by atoms with Crippen LogP contribution in [-0.2, 0) is 22.4 Å². The zero-order valence-electron chi connectivity index (χ0n) is 18.7. The molecule has 0 saturated carbocycles. The highest BCUT2D eigenvalue weighted by molar-refractivity contribution is 6.46. The molecule has 2 aliphatic heterocycles. The third-order valence-corrected chi connectivity index (χ3v) is 6.59. The lowest BCUT2D eigenvalue weighted by molar-refractivity contribution is -0.139. The highest BCUT2D eigenvalue weighted by Crippen LogP contribution is 2.41. The van der Waals surface area contributed by atoms with Gasteiger partial charge >= 0.3 is 0 Å². The van der Waals surface area contributed by atoms with Crippen molar-refractivity contribution >= 4 is 29.1 Å². The number of nitrogens with zero attached hydrogens (tertiary/aromatic N) is 1. The minimum absolute atomic E-state index is 0.0578. The standard InChI is InChI=1S/C28H24ClNO4/c1-17-14-21-15-20(10-11-23(21)34-17)26(31)24-25(19-8-5-9-22(29)16-19)30(28(33)27(24)32)13-12-18-6-3-2-4-7-18/h2-11,15-17,25,31H,12-14H2,1H3/b26-24+/t17-,25+/m1/s1. The van der Waals surface area contributed by atoms with Crippen molar-refractivity contribution in [1.82, 2.24) is 4.90 Å². The van der Waals surface area contributed by atoms with Gasteiger partial charge in [-0.15, -0.1) is 0 Å². The van der Waals surface area contributed by atoms with E-state index in [1.54, 1.807) is 30.3 Å². The molecule has 1 amide bonds. The number of hydrogen-bond donors (Lipinski definition) is 1. The Labute approximate surface area is 203 Å². The normalized spacial score (nSPS) is 20.9. The summed E-state index contributed by atoms with van der Waals surface area (Å²) in [4.78, 5) is 27.9. The average Bonchev–Trinajstić information content (AvgIpc) is 3.33. The minimum atomic E-state index is -0.731. The van der Waals surface area contributed by atoms with Crippen molar-refractivity contribution in [3.05, 3.63) is 106 Å². The van der Waals surface area contributed by atoms with Gasteiger partial charge < -0.3 is 14.7 Å². The van der Waals surface area contributed by atoms with E-state index in [0.29, 0.717) is 29.1 Å². The number of halogens is 1. The van der Waals surface area contributed by atoms with Gasteiger partial charge in [-0.25, -0.2) is 0 Å². The van der Waals surface area contributed by atoms with Crippen LogP contribution in [0.1, 0.15) is 35.2 Å². The zero-order valence-corrected chi connectivity index (χ0v) is 19.5. The first-order chi connectivity index (χ1) is 16.4. The van der Waals surface area contributed by atoms with Crippen LogP contribution in [-0.4, -0.2) is 34.3 Å². The monoisotopic (exact) mass is 473 g/mol. The van der Waals surface area contributed by atoms with Crippen LogP contribution in [0.15, 0.2) is 78.4 Å². The van der Waals surface area contributed by atoms with Crippen LogP contribution < -0.4 is 4.74 Å². The summed E-state index contributed by atoms with van der Waals surface area (Å²) in [6, 6.07) is 21.5. The third-order valence-electron chi connectivity index (χ3n) is 6.36. The molecule has 2 heterocycles. The molecule has 2 atom stereocenters. The smallest absolute Gasteiger partial charge is 0.295 e. The van der Waals surface area contributed by atoms with Crippen LogP contribution in [0.5, 0.6) is 5.75 Å². The van der Waals surface area contributed by atoms with Crippen molar-refractivity contribution in [3.8, 4) is 5.75 Å². The second-order valence-corrected chi connectivity index (χ2v) is 9.17. The lowest BCUT2D eigenvalue weighted by Crippen LogP contribution is -2.31. The number of aliphatic hydroxyl groups is 1. The molecule has 172 valence electrons. The fourth-order valence-corrected chi connectivity index (χ4v) is 4.95. The Morgan fingerprint density at radius 1 is 1.06 bits per heavy atom. The number of carbonyl (C=O) groups is 2. The van der Waals surface area contributed by atoms with E-state index in [1.165, 1.54) is 4.90 Å². The number of fused-ring (bicyclic) bond motifs is 1. The number of amides is 1. The molecular weight excluding hydrogens is 450 g/mol. The maximum Gasteiger partial charge on any atom is 0.295 e. The Morgan fingerprint density at radius 2 is 1.85 bits per heavy atom. The van der Waals surface area contributed by atoms with E-state index in [1.807, 2.05) is 49.4 Å². The summed E-state index contributed by atoms with van der Waals surface area (Å²) in [6.45, 7) is 2.31. The van der Waals surface area contributed by atoms with E-state index in [4.69, 9.17) is 16.3 Å². The predicted octanol–water partition coefficient (Wildman–Crippen LogP) is 5.33.